The Balaban J connectivity index is 2.18. The van der Waals surface area contributed by atoms with Gasteiger partial charge in [-0.15, -0.1) is 23.2 Å². The summed E-state index contributed by atoms with van der Waals surface area (Å²) in [6.45, 7) is 3.26. The van der Waals surface area contributed by atoms with E-state index in [0.29, 0.717) is 22.7 Å². The number of aromatic hydroxyl groups is 1. The maximum absolute atomic E-state index is 12.0. The summed E-state index contributed by atoms with van der Waals surface area (Å²) >= 11 is 23.6. The smallest absolute Gasteiger partial charge is 0.249 e. The van der Waals surface area contributed by atoms with Gasteiger partial charge in [0.15, 0.2) is 0 Å². The number of hydrazone groups is 1. The van der Waals surface area contributed by atoms with Gasteiger partial charge in [-0.2, -0.15) is 5.10 Å². The van der Waals surface area contributed by atoms with Gasteiger partial charge < -0.3 is 5.11 Å². The number of phenolic OH excluding ortho intramolecular Hbond substituents is 1. The van der Waals surface area contributed by atoms with E-state index in [4.69, 9.17) is 46.4 Å². The number of alkyl halides is 2. The van der Waals surface area contributed by atoms with Crippen LogP contribution >= 0.6 is 46.4 Å². The van der Waals surface area contributed by atoms with Crippen molar-refractivity contribution in [3.05, 3.63) is 27.7 Å². The number of carbonyl (C=O) groups is 1. The highest BCUT2D eigenvalue weighted by molar-refractivity contribution is 6.53. The van der Waals surface area contributed by atoms with E-state index in [0.717, 1.165) is 0 Å². The SMILES string of the molecule is C/C(=N\NC(=O)C1(C)CC1(Cl)Cl)c1cc(Cl)cc(Cl)c1O. The summed E-state index contributed by atoms with van der Waals surface area (Å²) in [5, 5.41) is 14.3. The summed E-state index contributed by atoms with van der Waals surface area (Å²) in [7, 11) is 0. The van der Waals surface area contributed by atoms with Crippen LogP contribution in [0.25, 0.3) is 0 Å². The Bertz CT molecular complexity index is 645. The van der Waals surface area contributed by atoms with Gasteiger partial charge in [0.1, 0.15) is 10.1 Å². The minimum absolute atomic E-state index is 0.105. The average molecular weight is 370 g/mol. The third kappa shape index (κ3) is 3.09. The van der Waals surface area contributed by atoms with Crippen LogP contribution in [-0.2, 0) is 4.79 Å². The van der Waals surface area contributed by atoms with E-state index in [2.05, 4.69) is 10.5 Å². The van der Waals surface area contributed by atoms with Crippen molar-refractivity contribution >= 4 is 58.0 Å². The second-order valence-corrected chi connectivity index (χ2v) is 7.46. The molecule has 1 aromatic rings. The number of hydrogen-bond donors (Lipinski definition) is 2. The highest BCUT2D eigenvalue weighted by atomic mass is 35.5. The first-order chi connectivity index (χ1) is 9.58. The minimum Gasteiger partial charge on any atom is -0.506 e. The Morgan fingerprint density at radius 3 is 2.48 bits per heavy atom. The van der Waals surface area contributed by atoms with Gasteiger partial charge >= 0.3 is 0 Å². The minimum atomic E-state index is -1.07. The van der Waals surface area contributed by atoms with Crippen LogP contribution in [0.4, 0.5) is 0 Å². The van der Waals surface area contributed by atoms with Crippen LogP contribution < -0.4 is 5.43 Å². The topological polar surface area (TPSA) is 61.7 Å². The molecule has 1 aliphatic rings. The van der Waals surface area contributed by atoms with Crippen LogP contribution in [-0.4, -0.2) is 21.1 Å². The van der Waals surface area contributed by atoms with Crippen molar-refractivity contribution < 1.29 is 9.90 Å². The van der Waals surface area contributed by atoms with Gasteiger partial charge in [-0.25, -0.2) is 5.43 Å². The molecule has 0 saturated heterocycles. The average Bonchev–Trinajstić information content (AvgIpc) is 2.91. The number of halogens is 4. The van der Waals surface area contributed by atoms with Gasteiger partial charge in [0, 0.05) is 10.6 Å². The highest BCUT2D eigenvalue weighted by Gasteiger charge is 2.68. The van der Waals surface area contributed by atoms with Gasteiger partial charge in [-0.1, -0.05) is 23.2 Å². The van der Waals surface area contributed by atoms with Gasteiger partial charge in [-0.05, 0) is 32.4 Å². The summed E-state index contributed by atoms with van der Waals surface area (Å²) in [5.74, 6) is -0.544. The molecular formula is C13H12Cl4N2O2. The normalized spacial score (nSPS) is 23.8. The van der Waals surface area contributed by atoms with Crippen molar-refractivity contribution in [2.24, 2.45) is 10.5 Å². The Hall–Kier alpha value is -0.680. The van der Waals surface area contributed by atoms with Crippen molar-refractivity contribution in [2.75, 3.05) is 0 Å². The molecule has 1 fully saturated rings. The molecule has 1 aliphatic carbocycles. The summed E-state index contributed by atoms with van der Waals surface area (Å²) < 4.78 is -1.07. The molecule has 1 aromatic carbocycles. The first-order valence-corrected chi connectivity index (χ1v) is 7.50. The number of phenols is 1. The molecule has 1 unspecified atom stereocenters. The van der Waals surface area contributed by atoms with Crippen LogP contribution in [0.3, 0.4) is 0 Å². The molecule has 0 radical (unpaired) electrons. The number of nitrogens with one attached hydrogen (secondary N) is 1. The number of hydrogen-bond acceptors (Lipinski definition) is 3. The van der Waals surface area contributed by atoms with E-state index in [1.165, 1.54) is 12.1 Å². The van der Waals surface area contributed by atoms with Gasteiger partial charge in [-0.3, -0.25) is 4.79 Å². The zero-order valence-electron chi connectivity index (χ0n) is 11.2. The molecule has 0 bridgehead atoms. The number of carbonyl (C=O) groups excluding carboxylic acids is 1. The van der Waals surface area contributed by atoms with Gasteiger partial charge in [0.2, 0.25) is 5.91 Å². The number of rotatable bonds is 3. The lowest BCUT2D eigenvalue weighted by molar-refractivity contribution is -0.125. The maximum atomic E-state index is 12.0. The molecule has 1 saturated carbocycles. The fraction of sp³-hybridized carbons (Fsp3) is 0.385. The summed E-state index contributed by atoms with van der Waals surface area (Å²) in [6.07, 6.45) is 0.359. The molecule has 0 heterocycles. The zero-order valence-corrected chi connectivity index (χ0v) is 14.2. The molecule has 1 atom stereocenters. The fourth-order valence-electron chi connectivity index (χ4n) is 1.81. The molecular weight excluding hydrogens is 358 g/mol. The van der Waals surface area contributed by atoms with E-state index in [1.807, 2.05) is 0 Å². The predicted molar refractivity (Wildman–Crippen MR) is 85.6 cm³/mol. The summed E-state index contributed by atoms with van der Waals surface area (Å²) in [5.41, 5.74) is 2.20. The van der Waals surface area contributed by atoms with Crippen molar-refractivity contribution in [2.45, 2.75) is 24.6 Å². The monoisotopic (exact) mass is 368 g/mol. The fourth-order valence-corrected chi connectivity index (χ4v) is 3.01. The molecule has 0 spiro atoms. The third-order valence-electron chi connectivity index (χ3n) is 3.50. The van der Waals surface area contributed by atoms with Gasteiger partial charge in [0.05, 0.1) is 16.1 Å². The zero-order chi connectivity index (χ0) is 16.0. The predicted octanol–water partition coefficient (Wildman–Crippen LogP) is 4.12. The molecule has 2 N–H and O–H groups in total. The van der Waals surface area contributed by atoms with Crippen LogP contribution in [0.1, 0.15) is 25.8 Å². The first kappa shape index (κ1) is 16.7. The van der Waals surface area contributed by atoms with Crippen LogP contribution in [0.2, 0.25) is 10.0 Å². The molecule has 1 amide bonds. The molecule has 0 aromatic heterocycles. The van der Waals surface area contributed by atoms with Crippen LogP contribution in [0.15, 0.2) is 17.2 Å². The molecule has 0 aliphatic heterocycles. The second kappa shape index (κ2) is 5.51. The van der Waals surface area contributed by atoms with Gasteiger partial charge in [0.25, 0.3) is 0 Å². The molecule has 21 heavy (non-hydrogen) atoms. The van der Waals surface area contributed by atoms with E-state index in [1.54, 1.807) is 13.8 Å². The number of amides is 1. The van der Waals surface area contributed by atoms with E-state index in [-0.39, 0.29) is 16.7 Å². The van der Waals surface area contributed by atoms with Crippen molar-refractivity contribution in [1.82, 2.24) is 5.43 Å². The standard InChI is InChI=1S/C13H12Cl4N2O2/c1-6(8-3-7(14)4-9(15)10(8)20)18-19-11(21)12(2)5-13(12,16)17/h3-4,20H,5H2,1-2H3,(H,19,21)/b18-6+. The number of benzene rings is 1. The van der Waals surface area contributed by atoms with Crippen molar-refractivity contribution in [3.8, 4) is 5.75 Å². The molecule has 2 rings (SSSR count). The van der Waals surface area contributed by atoms with E-state index in [9.17, 15) is 9.90 Å². The Labute approximate surface area is 142 Å². The lowest BCUT2D eigenvalue weighted by Gasteiger charge is -2.11. The van der Waals surface area contributed by atoms with Crippen LogP contribution in [0, 0.1) is 5.41 Å². The van der Waals surface area contributed by atoms with Crippen molar-refractivity contribution in [3.63, 3.8) is 0 Å². The maximum Gasteiger partial charge on any atom is 0.249 e. The Kier molecular flexibility index (Phi) is 4.37. The summed E-state index contributed by atoms with van der Waals surface area (Å²) in [4.78, 5) is 12.0. The third-order valence-corrected chi connectivity index (χ3v) is 5.11. The van der Waals surface area contributed by atoms with E-state index >= 15 is 0 Å². The second-order valence-electron chi connectivity index (χ2n) is 5.14. The largest absolute Gasteiger partial charge is 0.506 e. The molecule has 114 valence electrons. The highest BCUT2D eigenvalue weighted by Crippen LogP contribution is 2.63. The Morgan fingerprint density at radius 1 is 1.38 bits per heavy atom. The van der Waals surface area contributed by atoms with Crippen LogP contribution in [0.5, 0.6) is 5.75 Å². The molecule has 8 heteroatoms. The quantitative estimate of drug-likeness (QED) is 0.478. The molecule has 4 nitrogen and oxygen atoms in total. The number of nitrogens with zero attached hydrogens (tertiary/aromatic N) is 1. The Morgan fingerprint density at radius 2 is 1.95 bits per heavy atom. The lowest BCUT2D eigenvalue weighted by atomic mass is 10.1. The lowest BCUT2D eigenvalue weighted by Crippen LogP contribution is -2.30. The first-order valence-electron chi connectivity index (χ1n) is 5.99. The van der Waals surface area contributed by atoms with Crippen molar-refractivity contribution in [1.29, 1.82) is 0 Å². The van der Waals surface area contributed by atoms with E-state index < -0.39 is 9.75 Å². The summed E-state index contributed by atoms with van der Waals surface area (Å²) in [6, 6.07) is 2.91.